The second-order valence-corrected chi connectivity index (χ2v) is 3.12. The van der Waals surface area contributed by atoms with E-state index >= 15 is 0 Å². The van der Waals surface area contributed by atoms with E-state index in [0.717, 1.165) is 23.2 Å². The lowest BCUT2D eigenvalue weighted by molar-refractivity contribution is 0.409. The molecule has 0 radical (unpaired) electrons. The summed E-state index contributed by atoms with van der Waals surface area (Å²) in [4.78, 5) is 0.959. The third kappa shape index (κ3) is 3.63. The van der Waals surface area contributed by atoms with E-state index in [9.17, 15) is 0 Å². The van der Waals surface area contributed by atoms with Crippen molar-refractivity contribution in [2.24, 2.45) is 5.16 Å². The highest BCUT2D eigenvalue weighted by atomic mass is 32.2. The minimum Gasteiger partial charge on any atom is -0.316 e. The van der Waals surface area contributed by atoms with E-state index < -0.39 is 0 Å². The van der Waals surface area contributed by atoms with Gasteiger partial charge in [0.15, 0.2) is 0 Å². The zero-order valence-corrected chi connectivity index (χ0v) is 7.91. The van der Waals surface area contributed by atoms with E-state index in [1.807, 2.05) is 31.2 Å². The molecule has 1 rings (SSSR count). The Kier molecular flexibility index (Phi) is 3.86. The summed E-state index contributed by atoms with van der Waals surface area (Å²) >= 11 is 1.12. The Labute approximate surface area is 81.2 Å². The minimum absolute atomic E-state index is 0.959. The van der Waals surface area contributed by atoms with Gasteiger partial charge in [0.1, 0.15) is 24.3 Å². The highest BCUT2D eigenvalue weighted by Crippen LogP contribution is 2.18. The van der Waals surface area contributed by atoms with E-state index in [0.29, 0.717) is 0 Å². The van der Waals surface area contributed by atoms with E-state index in [2.05, 4.69) is 5.16 Å². The zero-order valence-electron chi connectivity index (χ0n) is 7.10. The van der Waals surface area contributed by atoms with Crippen LogP contribution in [0.1, 0.15) is 5.56 Å². The van der Waals surface area contributed by atoms with E-state index in [1.54, 1.807) is 6.07 Å². The Hall–Kier alpha value is -1.47. The van der Waals surface area contributed by atoms with Gasteiger partial charge in [-0.3, -0.25) is 0 Å². The molecule has 0 bridgehead atoms. The van der Waals surface area contributed by atoms with Crippen molar-refractivity contribution in [2.45, 2.75) is 11.8 Å². The molecule has 13 heavy (non-hydrogen) atoms. The van der Waals surface area contributed by atoms with E-state index in [1.165, 1.54) is 5.56 Å². The summed E-state index contributed by atoms with van der Waals surface area (Å²) < 4.78 is 4.76. The molecule has 0 heterocycles. The predicted molar refractivity (Wildman–Crippen MR) is 52.2 cm³/mol. The van der Waals surface area contributed by atoms with Crippen molar-refractivity contribution >= 4 is 18.3 Å². The number of aryl methyl sites for hydroxylation is 1. The molecular weight excluding hydrogens is 184 g/mol. The molecular formula is C9H8N2OS. The molecule has 3 nitrogen and oxygen atoms in total. The van der Waals surface area contributed by atoms with Gasteiger partial charge >= 0.3 is 0 Å². The lowest BCUT2D eigenvalue weighted by Crippen LogP contribution is -1.74. The fraction of sp³-hybridized carbons (Fsp3) is 0.111. The highest BCUT2D eigenvalue weighted by Gasteiger charge is 1.92. The first kappa shape index (κ1) is 9.62. The summed E-state index contributed by atoms with van der Waals surface area (Å²) in [5, 5.41) is 11.5. The lowest BCUT2D eigenvalue weighted by atomic mass is 10.2. The predicted octanol–water partition coefficient (Wildman–Crippen LogP) is 2.53. The SMILES string of the molecule is Cc1ccc(SO/N=C\C#N)cc1. The zero-order chi connectivity index (χ0) is 9.52. The fourth-order valence-corrected chi connectivity index (χ4v) is 1.12. The molecule has 0 aliphatic heterocycles. The summed E-state index contributed by atoms with van der Waals surface area (Å²) in [7, 11) is 0. The maximum absolute atomic E-state index is 8.11. The minimum atomic E-state index is 0.959. The van der Waals surface area contributed by atoms with Crippen molar-refractivity contribution in [1.82, 2.24) is 0 Å². The molecule has 4 heteroatoms. The van der Waals surface area contributed by atoms with Crippen LogP contribution in [0.15, 0.2) is 34.3 Å². The summed E-state index contributed by atoms with van der Waals surface area (Å²) in [5.74, 6) is 0. The van der Waals surface area contributed by atoms with Crippen LogP contribution < -0.4 is 0 Å². The molecule has 66 valence electrons. The summed E-state index contributed by atoms with van der Waals surface area (Å²) in [6.45, 7) is 2.02. The number of oxime groups is 1. The normalized spacial score (nSPS) is 9.85. The molecule has 0 atom stereocenters. The molecule has 0 fully saturated rings. The van der Waals surface area contributed by atoms with Gasteiger partial charge in [0.05, 0.1) is 4.90 Å². The van der Waals surface area contributed by atoms with Gasteiger partial charge in [-0.1, -0.05) is 22.9 Å². The van der Waals surface area contributed by atoms with Gasteiger partial charge in [0, 0.05) is 0 Å². The van der Waals surface area contributed by atoms with Crippen LogP contribution in [0.3, 0.4) is 0 Å². The molecule has 1 aromatic carbocycles. The molecule has 0 spiro atoms. The molecule has 0 amide bonds. The Bertz CT molecular complexity index is 326. The van der Waals surface area contributed by atoms with E-state index in [4.69, 9.17) is 9.55 Å². The second kappa shape index (κ2) is 5.22. The molecule has 0 aromatic heterocycles. The smallest absolute Gasteiger partial charge is 0.145 e. The topological polar surface area (TPSA) is 45.4 Å². The van der Waals surface area contributed by atoms with Gasteiger partial charge in [0.25, 0.3) is 0 Å². The van der Waals surface area contributed by atoms with Crippen molar-refractivity contribution < 1.29 is 4.28 Å². The number of hydrogen-bond acceptors (Lipinski definition) is 4. The van der Waals surface area contributed by atoms with Crippen molar-refractivity contribution in [2.75, 3.05) is 0 Å². The third-order valence-corrected chi connectivity index (χ3v) is 1.93. The van der Waals surface area contributed by atoms with Gasteiger partial charge in [-0.15, -0.1) is 0 Å². The Balaban J connectivity index is 2.42. The first-order valence-corrected chi connectivity index (χ1v) is 4.39. The number of benzene rings is 1. The van der Waals surface area contributed by atoms with Crippen LogP contribution in [0.4, 0.5) is 0 Å². The maximum atomic E-state index is 8.11. The maximum Gasteiger partial charge on any atom is 0.145 e. The summed E-state index contributed by atoms with van der Waals surface area (Å²) in [5.41, 5.74) is 1.20. The van der Waals surface area contributed by atoms with Gasteiger partial charge in [-0.25, -0.2) is 0 Å². The van der Waals surface area contributed by atoms with Crippen LogP contribution in [0.25, 0.3) is 0 Å². The summed E-state index contributed by atoms with van der Waals surface area (Å²) in [6.07, 6.45) is 1.04. The number of nitriles is 1. The lowest BCUT2D eigenvalue weighted by Gasteiger charge is -1.96. The van der Waals surface area contributed by atoms with Crippen LogP contribution in [-0.2, 0) is 4.28 Å². The first-order chi connectivity index (χ1) is 6.33. The highest BCUT2D eigenvalue weighted by molar-refractivity contribution is 7.94. The molecule has 0 unspecified atom stereocenters. The second-order valence-electron chi connectivity index (χ2n) is 2.33. The van der Waals surface area contributed by atoms with Crippen molar-refractivity contribution in [3.63, 3.8) is 0 Å². The average Bonchev–Trinajstić information content (AvgIpc) is 2.15. The molecule has 0 aliphatic rings. The first-order valence-electron chi connectivity index (χ1n) is 3.65. The van der Waals surface area contributed by atoms with Crippen LogP contribution >= 0.6 is 12.0 Å². The summed E-state index contributed by atoms with van der Waals surface area (Å²) in [6, 6.07) is 9.57. The Morgan fingerprint density at radius 2 is 2.15 bits per heavy atom. The molecule has 1 aromatic rings. The van der Waals surface area contributed by atoms with Gasteiger partial charge in [-0.2, -0.15) is 5.26 Å². The average molecular weight is 192 g/mol. The van der Waals surface area contributed by atoms with Crippen LogP contribution in [0, 0.1) is 18.3 Å². The van der Waals surface area contributed by atoms with Gasteiger partial charge in [0.2, 0.25) is 0 Å². The molecule has 0 saturated heterocycles. The van der Waals surface area contributed by atoms with Crippen LogP contribution in [0.2, 0.25) is 0 Å². The molecule has 0 aliphatic carbocycles. The quantitative estimate of drug-likeness (QED) is 0.420. The number of hydrogen-bond donors (Lipinski definition) is 0. The Morgan fingerprint density at radius 1 is 1.46 bits per heavy atom. The monoisotopic (exact) mass is 192 g/mol. The van der Waals surface area contributed by atoms with Crippen LogP contribution in [-0.4, -0.2) is 6.21 Å². The van der Waals surface area contributed by atoms with Crippen LogP contribution in [0.5, 0.6) is 0 Å². The van der Waals surface area contributed by atoms with Crippen molar-refractivity contribution in [3.8, 4) is 6.07 Å². The number of nitrogens with zero attached hydrogens (tertiary/aromatic N) is 2. The Morgan fingerprint density at radius 3 is 2.77 bits per heavy atom. The number of rotatable bonds is 3. The fourth-order valence-electron chi connectivity index (χ4n) is 0.703. The van der Waals surface area contributed by atoms with Crippen molar-refractivity contribution in [1.29, 1.82) is 5.26 Å². The standard InChI is InChI=1S/C9H8N2OS/c1-8-2-4-9(5-3-8)13-12-11-7-6-10/h2-5,7H,1H3/b11-7-. The van der Waals surface area contributed by atoms with Gasteiger partial charge in [-0.05, 0) is 19.1 Å². The largest absolute Gasteiger partial charge is 0.316 e. The molecule has 0 saturated carbocycles. The van der Waals surface area contributed by atoms with Crippen molar-refractivity contribution in [3.05, 3.63) is 29.8 Å². The van der Waals surface area contributed by atoms with Gasteiger partial charge < -0.3 is 4.28 Å². The molecule has 0 N–H and O–H groups in total. The third-order valence-electron chi connectivity index (χ3n) is 1.31. The van der Waals surface area contributed by atoms with E-state index in [-0.39, 0.29) is 0 Å².